The summed E-state index contributed by atoms with van der Waals surface area (Å²) in [6, 6.07) is 10.8. The van der Waals surface area contributed by atoms with Gasteiger partial charge in [0.2, 0.25) is 0 Å². The fourth-order valence-corrected chi connectivity index (χ4v) is 1.99. The van der Waals surface area contributed by atoms with Gasteiger partial charge in [0.05, 0.1) is 6.10 Å². The average molecular weight is 311 g/mol. The van der Waals surface area contributed by atoms with E-state index in [2.05, 4.69) is 4.74 Å². The lowest BCUT2D eigenvalue weighted by Gasteiger charge is -2.14. The number of alkyl halides is 3. The Morgan fingerprint density at radius 1 is 1.00 bits per heavy atom. The maximum atomic E-state index is 12.3. The largest absolute Gasteiger partial charge is 0.573 e. The normalized spacial score (nSPS) is 11.5. The second-order valence-electron chi connectivity index (χ2n) is 4.99. The molecule has 0 atom stereocenters. The van der Waals surface area contributed by atoms with Crippen molar-refractivity contribution in [1.29, 1.82) is 0 Å². The van der Waals surface area contributed by atoms with Gasteiger partial charge >= 0.3 is 6.36 Å². The molecule has 0 aliphatic rings. The van der Waals surface area contributed by atoms with Gasteiger partial charge in [0.15, 0.2) is 0 Å². The quantitative estimate of drug-likeness (QED) is 0.838. The third-order valence-electron chi connectivity index (χ3n) is 2.78. The molecule has 0 spiro atoms. The number of halogens is 3. The lowest BCUT2D eigenvalue weighted by atomic mass is 10.0. The van der Waals surface area contributed by atoms with Gasteiger partial charge in [0.25, 0.3) is 0 Å². The highest BCUT2D eigenvalue weighted by Gasteiger charge is 2.31. The predicted molar refractivity (Wildman–Crippen MR) is 78.7 cm³/mol. The van der Waals surface area contributed by atoms with E-state index < -0.39 is 6.36 Å². The van der Waals surface area contributed by atoms with Gasteiger partial charge in [-0.25, -0.2) is 0 Å². The molecule has 3 nitrogen and oxygen atoms in total. The van der Waals surface area contributed by atoms with E-state index in [0.717, 1.165) is 0 Å². The molecule has 0 heterocycles. The molecule has 2 aromatic rings. The zero-order chi connectivity index (χ0) is 16.3. The van der Waals surface area contributed by atoms with E-state index in [0.29, 0.717) is 22.6 Å². The van der Waals surface area contributed by atoms with Crippen LogP contribution in [0.4, 0.5) is 18.9 Å². The van der Waals surface area contributed by atoms with Gasteiger partial charge in [0, 0.05) is 11.3 Å². The summed E-state index contributed by atoms with van der Waals surface area (Å²) in [5.74, 6) is 0.306. The summed E-state index contributed by atoms with van der Waals surface area (Å²) in [4.78, 5) is 0. The Labute approximate surface area is 126 Å². The number of anilines is 1. The molecule has 22 heavy (non-hydrogen) atoms. The summed E-state index contributed by atoms with van der Waals surface area (Å²) in [6.07, 6.45) is -4.75. The van der Waals surface area contributed by atoms with Gasteiger partial charge < -0.3 is 15.2 Å². The molecule has 0 saturated heterocycles. The van der Waals surface area contributed by atoms with Crippen LogP contribution in [-0.4, -0.2) is 12.5 Å². The highest BCUT2D eigenvalue weighted by molar-refractivity contribution is 5.78. The lowest BCUT2D eigenvalue weighted by molar-refractivity contribution is -0.274. The Balaban J connectivity index is 2.37. The number of hydrogen-bond donors (Lipinski definition) is 1. The standard InChI is InChI=1S/C16H16F3NO2/c1-10(2)21-12-5-3-4-11(8-12)14-9-13(6-7-15(14)20)22-16(17,18)19/h3-10H,20H2,1-2H3. The average Bonchev–Trinajstić information content (AvgIpc) is 2.39. The van der Waals surface area contributed by atoms with E-state index in [1.54, 1.807) is 24.3 Å². The van der Waals surface area contributed by atoms with Crippen molar-refractivity contribution >= 4 is 5.69 Å². The molecule has 2 aromatic carbocycles. The number of nitrogens with two attached hydrogens (primary N) is 1. The van der Waals surface area contributed by atoms with E-state index in [-0.39, 0.29) is 11.9 Å². The van der Waals surface area contributed by atoms with E-state index in [1.165, 1.54) is 18.2 Å². The lowest BCUT2D eigenvalue weighted by Crippen LogP contribution is -2.17. The van der Waals surface area contributed by atoms with Crippen molar-refractivity contribution in [2.24, 2.45) is 0 Å². The molecule has 6 heteroatoms. The summed E-state index contributed by atoms with van der Waals surface area (Å²) in [5.41, 5.74) is 7.33. The van der Waals surface area contributed by atoms with Crippen LogP contribution in [0.15, 0.2) is 42.5 Å². The summed E-state index contributed by atoms with van der Waals surface area (Å²) in [7, 11) is 0. The molecule has 0 bridgehead atoms. The molecule has 0 unspecified atom stereocenters. The summed E-state index contributed by atoms with van der Waals surface area (Å²) in [5, 5.41) is 0. The van der Waals surface area contributed by atoms with Crippen LogP contribution in [0.25, 0.3) is 11.1 Å². The zero-order valence-electron chi connectivity index (χ0n) is 12.1. The molecule has 0 aliphatic carbocycles. The molecule has 2 rings (SSSR count). The highest BCUT2D eigenvalue weighted by Crippen LogP contribution is 2.33. The van der Waals surface area contributed by atoms with Crippen LogP contribution in [0, 0.1) is 0 Å². The Hall–Kier alpha value is -2.37. The van der Waals surface area contributed by atoms with Gasteiger partial charge in [-0.2, -0.15) is 0 Å². The van der Waals surface area contributed by atoms with Crippen LogP contribution in [0.1, 0.15) is 13.8 Å². The molecule has 0 aromatic heterocycles. The maximum Gasteiger partial charge on any atom is 0.573 e. The first-order chi connectivity index (χ1) is 10.2. The first-order valence-electron chi connectivity index (χ1n) is 6.67. The van der Waals surface area contributed by atoms with Gasteiger partial charge in [-0.3, -0.25) is 0 Å². The minimum Gasteiger partial charge on any atom is -0.491 e. The zero-order valence-corrected chi connectivity index (χ0v) is 12.1. The summed E-state index contributed by atoms with van der Waals surface area (Å²) in [6.45, 7) is 3.78. The Bertz CT molecular complexity index is 654. The molecule has 0 amide bonds. The van der Waals surface area contributed by atoms with E-state index in [1.807, 2.05) is 13.8 Å². The van der Waals surface area contributed by atoms with Gasteiger partial charge in [-0.15, -0.1) is 13.2 Å². The number of ether oxygens (including phenoxy) is 2. The van der Waals surface area contributed by atoms with Crippen molar-refractivity contribution in [3.63, 3.8) is 0 Å². The molecule has 0 aliphatic heterocycles. The van der Waals surface area contributed by atoms with Gasteiger partial charge in [0.1, 0.15) is 11.5 Å². The number of nitrogen functional groups attached to an aromatic ring is 1. The minimum atomic E-state index is -4.74. The van der Waals surface area contributed by atoms with Crippen LogP contribution in [0.3, 0.4) is 0 Å². The van der Waals surface area contributed by atoms with Crippen molar-refractivity contribution < 1.29 is 22.6 Å². The molecule has 118 valence electrons. The summed E-state index contributed by atoms with van der Waals surface area (Å²) >= 11 is 0. The van der Waals surface area contributed by atoms with Crippen molar-refractivity contribution in [3.8, 4) is 22.6 Å². The van der Waals surface area contributed by atoms with Crippen LogP contribution >= 0.6 is 0 Å². The summed E-state index contributed by atoms with van der Waals surface area (Å²) < 4.78 is 46.4. The second-order valence-corrected chi connectivity index (χ2v) is 4.99. The molecular formula is C16H16F3NO2. The Kier molecular flexibility index (Phi) is 4.49. The Morgan fingerprint density at radius 3 is 2.36 bits per heavy atom. The molecular weight excluding hydrogens is 295 g/mol. The SMILES string of the molecule is CC(C)Oc1cccc(-c2cc(OC(F)(F)F)ccc2N)c1. The topological polar surface area (TPSA) is 44.5 Å². The highest BCUT2D eigenvalue weighted by atomic mass is 19.4. The third kappa shape index (κ3) is 4.31. The van der Waals surface area contributed by atoms with Crippen LogP contribution < -0.4 is 15.2 Å². The van der Waals surface area contributed by atoms with Crippen LogP contribution in [0.2, 0.25) is 0 Å². The van der Waals surface area contributed by atoms with Gasteiger partial charge in [-0.1, -0.05) is 12.1 Å². The predicted octanol–water partition coefficient (Wildman–Crippen LogP) is 4.62. The third-order valence-corrected chi connectivity index (χ3v) is 2.78. The first kappa shape index (κ1) is 16.0. The second kappa shape index (κ2) is 6.17. The van der Waals surface area contributed by atoms with E-state index in [9.17, 15) is 13.2 Å². The molecule has 0 radical (unpaired) electrons. The number of hydrogen-bond acceptors (Lipinski definition) is 3. The Morgan fingerprint density at radius 2 is 1.73 bits per heavy atom. The van der Waals surface area contributed by atoms with Gasteiger partial charge in [-0.05, 0) is 49.7 Å². The number of rotatable bonds is 4. The fourth-order valence-electron chi connectivity index (χ4n) is 1.99. The van der Waals surface area contributed by atoms with Crippen molar-refractivity contribution in [3.05, 3.63) is 42.5 Å². The molecule has 2 N–H and O–H groups in total. The smallest absolute Gasteiger partial charge is 0.491 e. The molecule has 0 fully saturated rings. The van der Waals surface area contributed by atoms with E-state index >= 15 is 0 Å². The van der Waals surface area contributed by atoms with E-state index in [4.69, 9.17) is 10.5 Å². The minimum absolute atomic E-state index is 0.00695. The van der Waals surface area contributed by atoms with Crippen molar-refractivity contribution in [1.82, 2.24) is 0 Å². The maximum absolute atomic E-state index is 12.3. The molecule has 0 saturated carbocycles. The van der Waals surface area contributed by atoms with Crippen LogP contribution in [-0.2, 0) is 0 Å². The van der Waals surface area contributed by atoms with Crippen molar-refractivity contribution in [2.45, 2.75) is 26.3 Å². The monoisotopic (exact) mass is 311 g/mol. The fraction of sp³-hybridized carbons (Fsp3) is 0.250. The first-order valence-corrected chi connectivity index (χ1v) is 6.67. The van der Waals surface area contributed by atoms with Crippen molar-refractivity contribution in [2.75, 3.05) is 5.73 Å². The van der Waals surface area contributed by atoms with Crippen LogP contribution in [0.5, 0.6) is 11.5 Å². The number of benzene rings is 2.